The number of benzene rings is 3. The van der Waals surface area contributed by atoms with Crippen molar-refractivity contribution in [1.82, 2.24) is 14.4 Å². The highest BCUT2D eigenvalue weighted by Crippen LogP contribution is 2.32. The number of hydrogen-bond acceptors (Lipinski definition) is 4. The molecule has 2 aliphatic heterocycles. The van der Waals surface area contributed by atoms with Gasteiger partial charge >= 0.3 is 0 Å². The zero-order valence-electron chi connectivity index (χ0n) is 22.9. The van der Waals surface area contributed by atoms with Gasteiger partial charge in [-0.05, 0) is 48.7 Å². The average Bonchev–Trinajstić information content (AvgIpc) is 3.31. The van der Waals surface area contributed by atoms with Crippen LogP contribution < -0.4 is 9.64 Å². The number of hydrogen-bond donors (Lipinski definition) is 0. The van der Waals surface area contributed by atoms with Crippen LogP contribution >= 0.6 is 0 Å². The van der Waals surface area contributed by atoms with Crippen molar-refractivity contribution in [2.45, 2.75) is 32.4 Å². The standard InChI is InChI=1S/C33H38N4O2/c1-39-32-15-8-7-14-30(32)35-22-20-34(21-23-35)17-9-18-37-29-13-6-5-12-27(29)28-16-19-36(25-31(28)37)33(38)24-26-10-3-2-4-11-26/h2-8,10-15H,9,16-25H2,1H3. The van der Waals surface area contributed by atoms with Gasteiger partial charge in [-0.3, -0.25) is 9.69 Å². The number of carbonyl (C=O) groups is 1. The summed E-state index contributed by atoms with van der Waals surface area (Å²) in [6.07, 6.45) is 2.49. The minimum Gasteiger partial charge on any atom is -0.495 e. The number of amides is 1. The number of carbonyl (C=O) groups excluding carboxylic acids is 1. The highest BCUT2D eigenvalue weighted by atomic mass is 16.5. The van der Waals surface area contributed by atoms with E-state index in [9.17, 15) is 4.79 Å². The van der Waals surface area contributed by atoms with Gasteiger partial charge in [-0.1, -0.05) is 60.7 Å². The van der Waals surface area contributed by atoms with Gasteiger partial charge in [0, 0.05) is 55.9 Å². The van der Waals surface area contributed by atoms with Gasteiger partial charge in [0.05, 0.1) is 25.8 Å². The van der Waals surface area contributed by atoms with E-state index in [1.54, 1.807) is 7.11 Å². The summed E-state index contributed by atoms with van der Waals surface area (Å²) in [4.78, 5) is 20.3. The molecule has 2 aliphatic rings. The lowest BCUT2D eigenvalue weighted by Crippen LogP contribution is -2.46. The van der Waals surface area contributed by atoms with Gasteiger partial charge in [0.1, 0.15) is 5.75 Å². The van der Waals surface area contributed by atoms with E-state index >= 15 is 0 Å². The van der Waals surface area contributed by atoms with E-state index in [4.69, 9.17) is 4.74 Å². The molecule has 4 aromatic rings. The maximum absolute atomic E-state index is 13.2. The second-order valence-electron chi connectivity index (χ2n) is 10.7. The lowest BCUT2D eigenvalue weighted by atomic mass is 10.0. The molecule has 0 spiro atoms. The second-order valence-corrected chi connectivity index (χ2v) is 10.7. The second kappa shape index (κ2) is 11.5. The summed E-state index contributed by atoms with van der Waals surface area (Å²) in [6, 6.07) is 27.2. The first-order valence-electron chi connectivity index (χ1n) is 14.2. The van der Waals surface area contributed by atoms with E-state index in [1.165, 1.54) is 27.8 Å². The molecule has 0 N–H and O–H groups in total. The minimum atomic E-state index is 0.219. The Hall–Kier alpha value is -3.77. The van der Waals surface area contributed by atoms with Crippen molar-refractivity contribution in [3.63, 3.8) is 0 Å². The van der Waals surface area contributed by atoms with Crippen molar-refractivity contribution in [1.29, 1.82) is 0 Å². The summed E-state index contributed by atoms with van der Waals surface area (Å²) in [7, 11) is 1.75. The first kappa shape index (κ1) is 25.5. The van der Waals surface area contributed by atoms with Crippen molar-refractivity contribution < 1.29 is 9.53 Å². The summed E-state index contributed by atoms with van der Waals surface area (Å²) in [5, 5.41) is 1.35. The monoisotopic (exact) mass is 522 g/mol. The maximum Gasteiger partial charge on any atom is 0.227 e. The van der Waals surface area contributed by atoms with Crippen molar-refractivity contribution in [3.05, 3.63) is 95.7 Å². The molecule has 0 bridgehead atoms. The van der Waals surface area contributed by atoms with Crippen molar-refractivity contribution >= 4 is 22.5 Å². The molecule has 0 saturated carbocycles. The minimum absolute atomic E-state index is 0.219. The smallest absolute Gasteiger partial charge is 0.227 e. The fourth-order valence-corrected chi connectivity index (χ4v) is 6.30. The molecule has 3 aromatic carbocycles. The van der Waals surface area contributed by atoms with Gasteiger partial charge in [0.25, 0.3) is 0 Å². The molecule has 6 nitrogen and oxygen atoms in total. The predicted octanol–water partition coefficient (Wildman–Crippen LogP) is 4.99. The molecule has 6 rings (SSSR count). The number of anilines is 1. The van der Waals surface area contributed by atoms with Crippen LogP contribution in [0.2, 0.25) is 0 Å². The Morgan fingerprint density at radius 3 is 2.38 bits per heavy atom. The first-order valence-corrected chi connectivity index (χ1v) is 14.2. The Bertz CT molecular complexity index is 1420. The Morgan fingerprint density at radius 2 is 1.56 bits per heavy atom. The summed E-state index contributed by atoms with van der Waals surface area (Å²) >= 11 is 0. The molecule has 0 unspecified atom stereocenters. The van der Waals surface area contributed by atoms with Crippen LogP contribution in [0.4, 0.5) is 5.69 Å². The summed E-state index contributed by atoms with van der Waals surface area (Å²) in [6.45, 7) is 7.70. The molecule has 6 heteroatoms. The van der Waals surface area contributed by atoms with Crippen LogP contribution in [0.1, 0.15) is 23.2 Å². The molecule has 3 heterocycles. The van der Waals surface area contributed by atoms with Crippen molar-refractivity contribution in [3.8, 4) is 5.75 Å². The van der Waals surface area contributed by atoms with Gasteiger partial charge < -0.3 is 19.1 Å². The number of aryl methyl sites for hydroxylation is 1. The van der Waals surface area contributed by atoms with E-state index in [0.29, 0.717) is 13.0 Å². The molecule has 1 fully saturated rings. The van der Waals surface area contributed by atoms with Crippen LogP contribution in [0, 0.1) is 0 Å². The number of ether oxygens (including phenoxy) is 1. The number of aromatic nitrogens is 1. The third kappa shape index (κ3) is 5.39. The van der Waals surface area contributed by atoms with Gasteiger partial charge in [0.15, 0.2) is 0 Å². The summed E-state index contributed by atoms with van der Waals surface area (Å²) in [5.41, 5.74) is 6.33. The van der Waals surface area contributed by atoms with Crippen LogP contribution in [-0.4, -0.2) is 66.7 Å². The molecule has 39 heavy (non-hydrogen) atoms. The average molecular weight is 523 g/mol. The topological polar surface area (TPSA) is 41.0 Å². The zero-order valence-corrected chi connectivity index (χ0v) is 22.9. The molecular formula is C33H38N4O2. The van der Waals surface area contributed by atoms with Gasteiger partial charge in [-0.25, -0.2) is 0 Å². The SMILES string of the molecule is COc1ccccc1N1CCN(CCCn2c3c(c4ccccc42)CCN(C(=O)Cc2ccccc2)C3)CC1. The van der Waals surface area contributed by atoms with Gasteiger partial charge in [-0.15, -0.1) is 0 Å². The Morgan fingerprint density at radius 1 is 0.821 bits per heavy atom. The van der Waals surface area contributed by atoms with E-state index in [-0.39, 0.29) is 5.91 Å². The fraction of sp³-hybridized carbons (Fsp3) is 0.364. The van der Waals surface area contributed by atoms with Crippen LogP contribution in [0.25, 0.3) is 10.9 Å². The van der Waals surface area contributed by atoms with E-state index in [1.807, 2.05) is 42.5 Å². The van der Waals surface area contributed by atoms with Crippen molar-refractivity contribution in [2.24, 2.45) is 0 Å². The van der Waals surface area contributed by atoms with Gasteiger partial charge in [0.2, 0.25) is 5.91 Å². The molecule has 1 aromatic heterocycles. The van der Waals surface area contributed by atoms with E-state index < -0.39 is 0 Å². The highest BCUT2D eigenvalue weighted by Gasteiger charge is 2.27. The molecule has 0 radical (unpaired) electrons. The van der Waals surface area contributed by atoms with Crippen LogP contribution in [0.15, 0.2) is 78.9 Å². The lowest BCUT2D eigenvalue weighted by molar-refractivity contribution is -0.131. The first-order chi connectivity index (χ1) is 19.2. The number of fused-ring (bicyclic) bond motifs is 3. The molecular weight excluding hydrogens is 484 g/mol. The third-order valence-corrected chi connectivity index (χ3v) is 8.37. The maximum atomic E-state index is 13.2. The van der Waals surface area contributed by atoms with Crippen LogP contribution in [0.5, 0.6) is 5.75 Å². The number of methoxy groups -OCH3 is 1. The molecule has 202 valence electrons. The van der Waals surface area contributed by atoms with Crippen LogP contribution in [0.3, 0.4) is 0 Å². The number of piperazine rings is 1. The van der Waals surface area contributed by atoms with E-state index in [0.717, 1.165) is 70.0 Å². The normalized spacial score (nSPS) is 15.9. The molecule has 0 atom stereocenters. The predicted molar refractivity (Wildman–Crippen MR) is 157 cm³/mol. The third-order valence-electron chi connectivity index (χ3n) is 8.37. The number of rotatable bonds is 8. The fourth-order valence-electron chi connectivity index (χ4n) is 6.30. The largest absolute Gasteiger partial charge is 0.495 e. The lowest BCUT2D eigenvalue weighted by Gasteiger charge is -2.36. The van der Waals surface area contributed by atoms with E-state index in [2.05, 4.69) is 55.7 Å². The van der Waals surface area contributed by atoms with Crippen LogP contribution in [-0.2, 0) is 30.7 Å². The quantitative estimate of drug-likeness (QED) is 0.327. The molecule has 0 aliphatic carbocycles. The number of para-hydroxylation sites is 3. The highest BCUT2D eigenvalue weighted by molar-refractivity contribution is 5.87. The van der Waals surface area contributed by atoms with Crippen molar-refractivity contribution in [2.75, 3.05) is 51.3 Å². The number of nitrogens with zero attached hydrogens (tertiary/aromatic N) is 4. The Kier molecular flexibility index (Phi) is 7.55. The summed E-state index contributed by atoms with van der Waals surface area (Å²) < 4.78 is 8.08. The van der Waals surface area contributed by atoms with Gasteiger partial charge in [-0.2, -0.15) is 0 Å². The Labute approximate surface area is 231 Å². The Balaban J connectivity index is 1.10. The molecule has 1 saturated heterocycles. The molecule has 1 amide bonds. The zero-order chi connectivity index (χ0) is 26.6. The summed E-state index contributed by atoms with van der Waals surface area (Å²) in [5.74, 6) is 1.17.